The zero-order valence-electron chi connectivity index (χ0n) is 13.8. The Hall–Kier alpha value is -2.15. The van der Waals surface area contributed by atoms with Crippen LogP contribution in [0.1, 0.15) is 43.5 Å². The van der Waals surface area contributed by atoms with Crippen LogP contribution >= 0.6 is 12.2 Å². The number of carbonyl (C=O) groups is 2. The van der Waals surface area contributed by atoms with Crippen molar-refractivity contribution in [3.63, 3.8) is 0 Å². The van der Waals surface area contributed by atoms with E-state index in [1.54, 1.807) is 25.1 Å². The lowest BCUT2D eigenvalue weighted by atomic mass is 10.0. The van der Waals surface area contributed by atoms with Crippen molar-refractivity contribution in [1.82, 2.24) is 15.2 Å². The number of oxazole rings is 1. The lowest BCUT2D eigenvalue weighted by Gasteiger charge is -2.35. The van der Waals surface area contributed by atoms with E-state index in [-0.39, 0.29) is 22.7 Å². The van der Waals surface area contributed by atoms with Gasteiger partial charge in [-0.3, -0.25) is 9.59 Å². The highest BCUT2D eigenvalue weighted by molar-refractivity contribution is 7.71. The summed E-state index contributed by atoms with van der Waals surface area (Å²) < 4.78 is 5.32. The van der Waals surface area contributed by atoms with E-state index in [9.17, 15) is 9.59 Å². The summed E-state index contributed by atoms with van der Waals surface area (Å²) in [5.41, 5.74) is 1.70. The van der Waals surface area contributed by atoms with Crippen LogP contribution in [0.2, 0.25) is 0 Å². The Morgan fingerprint density at radius 3 is 2.96 bits per heavy atom. The number of aromatic amines is 1. The molecule has 1 fully saturated rings. The van der Waals surface area contributed by atoms with E-state index in [0.29, 0.717) is 11.1 Å². The van der Waals surface area contributed by atoms with Crippen LogP contribution < -0.4 is 5.32 Å². The predicted molar refractivity (Wildman–Crippen MR) is 93.4 cm³/mol. The number of piperidine rings is 1. The number of aromatic nitrogens is 1. The number of hydrogen-bond donors (Lipinski definition) is 2. The number of amides is 2. The van der Waals surface area contributed by atoms with Gasteiger partial charge < -0.3 is 19.6 Å². The second kappa shape index (κ2) is 6.76. The lowest BCUT2D eigenvalue weighted by molar-refractivity contribution is -0.136. The molecule has 7 heteroatoms. The van der Waals surface area contributed by atoms with E-state index < -0.39 is 6.04 Å². The molecular formula is C17H21N3O3S. The van der Waals surface area contributed by atoms with Crippen LogP contribution in [0.25, 0.3) is 11.1 Å². The molecular weight excluding hydrogens is 326 g/mol. The van der Waals surface area contributed by atoms with Crippen molar-refractivity contribution in [2.75, 3.05) is 6.54 Å². The summed E-state index contributed by atoms with van der Waals surface area (Å²) in [4.78, 5) is 30.0. The third-order valence-corrected chi connectivity index (χ3v) is 4.67. The molecule has 2 amide bonds. The second-order valence-corrected chi connectivity index (χ2v) is 6.67. The van der Waals surface area contributed by atoms with Crippen LogP contribution in [0, 0.1) is 4.84 Å². The van der Waals surface area contributed by atoms with Crippen LogP contribution in [-0.2, 0) is 4.79 Å². The Balaban J connectivity index is 1.70. The van der Waals surface area contributed by atoms with Crippen molar-refractivity contribution >= 4 is 35.1 Å². The lowest BCUT2D eigenvalue weighted by Crippen LogP contribution is -2.51. The number of rotatable bonds is 3. The number of fused-ring (bicyclic) bond motifs is 1. The molecule has 2 heterocycles. The molecule has 1 aliphatic heterocycles. The van der Waals surface area contributed by atoms with E-state index in [0.717, 1.165) is 31.3 Å². The Morgan fingerprint density at radius 2 is 2.21 bits per heavy atom. The quantitative estimate of drug-likeness (QED) is 0.837. The Labute approximate surface area is 145 Å². The smallest absolute Gasteiger partial charge is 0.266 e. The molecule has 0 bridgehead atoms. The van der Waals surface area contributed by atoms with Crippen molar-refractivity contribution in [2.45, 2.75) is 45.2 Å². The number of nitrogens with one attached hydrogen (secondary N) is 2. The van der Waals surface area contributed by atoms with Gasteiger partial charge in [0.2, 0.25) is 5.91 Å². The topological polar surface area (TPSA) is 78.3 Å². The van der Waals surface area contributed by atoms with Crippen molar-refractivity contribution in [2.24, 2.45) is 0 Å². The number of benzene rings is 1. The van der Waals surface area contributed by atoms with Crippen molar-refractivity contribution < 1.29 is 14.0 Å². The largest absolute Gasteiger partial charge is 0.429 e. The summed E-state index contributed by atoms with van der Waals surface area (Å²) in [6, 6.07) is 4.71. The molecule has 0 saturated carbocycles. The fraction of sp³-hybridized carbons (Fsp3) is 0.471. The summed E-state index contributed by atoms with van der Waals surface area (Å²) in [5.74, 6) is -0.333. The number of carbonyl (C=O) groups excluding carboxylic acids is 2. The second-order valence-electron chi connectivity index (χ2n) is 6.30. The fourth-order valence-corrected chi connectivity index (χ4v) is 3.30. The first-order chi connectivity index (χ1) is 11.5. The minimum atomic E-state index is -0.563. The molecule has 24 heavy (non-hydrogen) atoms. The Morgan fingerprint density at radius 1 is 1.42 bits per heavy atom. The zero-order chi connectivity index (χ0) is 17.3. The molecule has 2 atom stereocenters. The molecule has 1 aromatic heterocycles. The van der Waals surface area contributed by atoms with E-state index in [1.165, 1.54) is 0 Å². The molecule has 1 saturated heterocycles. The van der Waals surface area contributed by atoms with Gasteiger partial charge in [-0.05, 0) is 63.5 Å². The summed E-state index contributed by atoms with van der Waals surface area (Å²) in [6.07, 6.45) is 3.18. The van der Waals surface area contributed by atoms with Crippen LogP contribution in [0.15, 0.2) is 22.6 Å². The van der Waals surface area contributed by atoms with Crippen molar-refractivity contribution in [1.29, 1.82) is 0 Å². The number of H-pyrrole nitrogens is 1. The van der Waals surface area contributed by atoms with Crippen LogP contribution in [0.4, 0.5) is 0 Å². The number of nitrogens with zero attached hydrogens (tertiary/aromatic N) is 1. The van der Waals surface area contributed by atoms with Gasteiger partial charge in [-0.1, -0.05) is 0 Å². The highest BCUT2D eigenvalue weighted by Gasteiger charge is 2.28. The molecule has 0 aliphatic carbocycles. The van der Waals surface area contributed by atoms with Gasteiger partial charge in [0.25, 0.3) is 10.7 Å². The van der Waals surface area contributed by atoms with Gasteiger partial charge in [0.15, 0.2) is 5.58 Å². The standard InChI is InChI=1S/C17H21N3O3S/c1-10-5-3-4-8-20(10)16(22)11(2)18-15(21)12-6-7-13-14(9-12)23-17(24)19-13/h6-7,9-11H,3-5,8H2,1-2H3,(H,18,21)(H,19,24). The summed E-state index contributed by atoms with van der Waals surface area (Å²) in [7, 11) is 0. The van der Waals surface area contributed by atoms with Gasteiger partial charge in [0.05, 0.1) is 5.52 Å². The molecule has 2 N–H and O–H groups in total. The maximum absolute atomic E-state index is 12.6. The first-order valence-electron chi connectivity index (χ1n) is 8.20. The van der Waals surface area contributed by atoms with E-state index in [4.69, 9.17) is 16.6 Å². The van der Waals surface area contributed by atoms with E-state index in [1.807, 2.05) is 4.90 Å². The van der Waals surface area contributed by atoms with Crippen LogP contribution in [0.3, 0.4) is 0 Å². The van der Waals surface area contributed by atoms with Gasteiger partial charge in [0.1, 0.15) is 6.04 Å². The summed E-state index contributed by atoms with van der Waals surface area (Å²) in [6.45, 7) is 4.54. The molecule has 128 valence electrons. The average molecular weight is 347 g/mol. The Kier molecular flexibility index (Phi) is 4.71. The highest BCUT2D eigenvalue weighted by Crippen LogP contribution is 2.18. The van der Waals surface area contributed by atoms with Crippen LogP contribution in [-0.4, -0.2) is 40.3 Å². The predicted octanol–water partition coefficient (Wildman–Crippen LogP) is 3.01. The molecule has 6 nitrogen and oxygen atoms in total. The maximum atomic E-state index is 12.6. The Bertz CT molecular complexity index is 826. The fourth-order valence-electron chi connectivity index (χ4n) is 3.10. The third-order valence-electron chi connectivity index (χ3n) is 4.49. The van der Waals surface area contributed by atoms with Crippen molar-refractivity contribution in [3.05, 3.63) is 28.6 Å². The molecule has 1 aliphatic rings. The van der Waals surface area contributed by atoms with E-state index >= 15 is 0 Å². The molecule has 3 rings (SSSR count). The minimum Gasteiger partial charge on any atom is -0.429 e. The average Bonchev–Trinajstić information content (AvgIpc) is 2.93. The zero-order valence-corrected chi connectivity index (χ0v) is 14.6. The van der Waals surface area contributed by atoms with Gasteiger partial charge in [-0.15, -0.1) is 0 Å². The summed E-state index contributed by atoms with van der Waals surface area (Å²) in [5, 5.41) is 2.78. The number of hydrogen-bond acceptors (Lipinski definition) is 4. The maximum Gasteiger partial charge on any atom is 0.266 e. The van der Waals surface area contributed by atoms with Gasteiger partial charge in [-0.25, -0.2) is 0 Å². The third kappa shape index (κ3) is 3.36. The van der Waals surface area contributed by atoms with E-state index in [2.05, 4.69) is 17.2 Å². The first-order valence-corrected chi connectivity index (χ1v) is 8.61. The minimum absolute atomic E-state index is 0.0317. The van der Waals surface area contributed by atoms with Crippen molar-refractivity contribution in [3.8, 4) is 0 Å². The molecule has 2 aromatic rings. The monoisotopic (exact) mass is 347 g/mol. The molecule has 0 radical (unpaired) electrons. The molecule has 2 unspecified atom stereocenters. The first kappa shape index (κ1) is 16.7. The summed E-state index contributed by atoms with van der Waals surface area (Å²) >= 11 is 4.94. The van der Waals surface area contributed by atoms with Gasteiger partial charge in [-0.2, -0.15) is 0 Å². The molecule has 0 spiro atoms. The van der Waals surface area contributed by atoms with Gasteiger partial charge in [0, 0.05) is 18.2 Å². The van der Waals surface area contributed by atoms with Crippen LogP contribution in [0.5, 0.6) is 0 Å². The normalized spacial score (nSPS) is 19.2. The molecule has 1 aromatic carbocycles. The number of likely N-dealkylation sites (tertiary alicyclic amines) is 1. The SMILES string of the molecule is CC(NC(=O)c1ccc2[nH]c(=S)oc2c1)C(=O)N1CCCCC1C. The highest BCUT2D eigenvalue weighted by atomic mass is 32.1. The van der Waals surface area contributed by atoms with Gasteiger partial charge >= 0.3 is 0 Å².